The van der Waals surface area contributed by atoms with Crippen molar-refractivity contribution in [3.05, 3.63) is 0 Å². The van der Waals surface area contributed by atoms with Crippen LogP contribution < -0.4 is 5.32 Å². The van der Waals surface area contributed by atoms with Gasteiger partial charge in [0.15, 0.2) is 5.17 Å². The van der Waals surface area contributed by atoms with E-state index in [1.165, 1.54) is 0 Å². The Morgan fingerprint density at radius 1 is 1.85 bits per heavy atom. The van der Waals surface area contributed by atoms with Crippen LogP contribution in [-0.2, 0) is 9.53 Å². The summed E-state index contributed by atoms with van der Waals surface area (Å²) >= 11 is 1.66. The summed E-state index contributed by atoms with van der Waals surface area (Å²) < 4.78 is 4.76. The maximum atomic E-state index is 10.9. The molecule has 4 nitrogen and oxygen atoms in total. The number of ether oxygens (including phenoxy) is 1. The van der Waals surface area contributed by atoms with Gasteiger partial charge in [0.2, 0.25) is 0 Å². The van der Waals surface area contributed by atoms with E-state index in [1.807, 2.05) is 0 Å². The van der Waals surface area contributed by atoms with E-state index in [4.69, 9.17) is 4.74 Å². The largest absolute Gasteiger partial charge is 0.465 e. The number of thioether (sulfide) groups is 1. The second-order valence-electron chi connectivity index (χ2n) is 2.73. The van der Waals surface area contributed by atoms with Gasteiger partial charge in [0.1, 0.15) is 6.54 Å². The molecular weight excluding hydrogens is 188 g/mol. The number of carbonyl (C=O) groups excluding carboxylic acids is 1. The minimum Gasteiger partial charge on any atom is -0.465 e. The predicted molar refractivity (Wildman–Crippen MR) is 54.0 cm³/mol. The summed E-state index contributed by atoms with van der Waals surface area (Å²) in [7, 11) is 0. The highest BCUT2D eigenvalue weighted by molar-refractivity contribution is 8.14. The number of rotatable bonds is 3. The van der Waals surface area contributed by atoms with Crippen LogP contribution in [0.3, 0.4) is 0 Å². The lowest BCUT2D eigenvalue weighted by atomic mass is 10.5. The predicted octanol–water partition coefficient (Wildman–Crippen LogP) is 0.630. The third-order valence-electron chi connectivity index (χ3n) is 1.49. The van der Waals surface area contributed by atoms with Crippen molar-refractivity contribution in [1.29, 1.82) is 0 Å². The summed E-state index contributed by atoms with van der Waals surface area (Å²) in [6.45, 7) is 5.37. The summed E-state index contributed by atoms with van der Waals surface area (Å²) in [6.07, 6.45) is 0. The van der Waals surface area contributed by atoms with Crippen LogP contribution in [0.25, 0.3) is 0 Å². The summed E-state index contributed by atoms with van der Waals surface area (Å²) in [5.74, 6) is -0.231. The van der Waals surface area contributed by atoms with Gasteiger partial charge < -0.3 is 10.1 Å². The van der Waals surface area contributed by atoms with Crippen molar-refractivity contribution < 1.29 is 9.53 Å². The fourth-order valence-corrected chi connectivity index (χ4v) is 1.77. The van der Waals surface area contributed by atoms with Crippen molar-refractivity contribution in [1.82, 2.24) is 5.32 Å². The third-order valence-corrected chi connectivity index (χ3v) is 2.54. The Labute approximate surface area is 82.1 Å². The highest BCUT2D eigenvalue weighted by Crippen LogP contribution is 2.17. The number of aliphatic imine (C=N–C) groups is 1. The molecule has 0 saturated carbocycles. The monoisotopic (exact) mass is 202 g/mol. The van der Waals surface area contributed by atoms with Gasteiger partial charge in [-0.3, -0.25) is 9.79 Å². The smallest absolute Gasteiger partial charge is 0.325 e. The molecule has 0 aromatic rings. The fraction of sp³-hybridized carbons (Fsp3) is 0.750. The fourth-order valence-electron chi connectivity index (χ4n) is 0.934. The molecular formula is C8H14N2O2S. The number of nitrogens with zero attached hydrogens (tertiary/aromatic N) is 1. The molecule has 5 heteroatoms. The van der Waals surface area contributed by atoms with Crippen LogP contribution in [0.5, 0.6) is 0 Å². The van der Waals surface area contributed by atoms with E-state index in [1.54, 1.807) is 18.7 Å². The van der Waals surface area contributed by atoms with Gasteiger partial charge in [-0.25, -0.2) is 0 Å². The first kappa shape index (κ1) is 10.4. The molecule has 0 aliphatic carbocycles. The maximum absolute atomic E-state index is 10.9. The number of carbonyl (C=O) groups is 1. The average molecular weight is 202 g/mol. The molecule has 1 N–H and O–H groups in total. The van der Waals surface area contributed by atoms with Crippen LogP contribution in [0.4, 0.5) is 0 Å². The minimum absolute atomic E-state index is 0.215. The quantitative estimate of drug-likeness (QED) is 0.682. The first-order valence-electron chi connectivity index (χ1n) is 4.33. The molecule has 0 fully saturated rings. The highest BCUT2D eigenvalue weighted by atomic mass is 32.2. The van der Waals surface area contributed by atoms with E-state index in [0.717, 1.165) is 11.7 Å². The van der Waals surface area contributed by atoms with E-state index >= 15 is 0 Å². The molecule has 13 heavy (non-hydrogen) atoms. The standard InChI is InChI=1S/C8H14N2O2S/c1-3-12-7(11)5-10-8-9-4-6(2)13-8/h6H,3-5H2,1-2H3,(H,9,10). The number of hydrogen-bond acceptors (Lipinski definition) is 5. The Hall–Kier alpha value is -0.710. The molecule has 1 aliphatic heterocycles. The number of nitrogens with one attached hydrogen (secondary N) is 1. The normalized spacial score (nSPS) is 21.1. The molecule has 1 heterocycles. The van der Waals surface area contributed by atoms with Crippen LogP contribution in [0.15, 0.2) is 4.99 Å². The van der Waals surface area contributed by atoms with Crippen molar-refractivity contribution in [3.8, 4) is 0 Å². The molecule has 0 spiro atoms. The zero-order chi connectivity index (χ0) is 9.68. The Balaban J connectivity index is 2.16. The van der Waals surface area contributed by atoms with Gasteiger partial charge in [0, 0.05) is 5.25 Å². The second-order valence-corrected chi connectivity index (χ2v) is 4.16. The van der Waals surface area contributed by atoms with Gasteiger partial charge in [-0.1, -0.05) is 18.7 Å². The summed E-state index contributed by atoms with van der Waals surface area (Å²) in [5, 5.41) is 4.30. The lowest BCUT2D eigenvalue weighted by molar-refractivity contribution is -0.141. The average Bonchev–Trinajstić information content (AvgIpc) is 2.49. The molecule has 0 amide bonds. The number of esters is 1. The molecule has 0 saturated heterocycles. The molecule has 0 aromatic heterocycles. The van der Waals surface area contributed by atoms with Gasteiger partial charge in [0.25, 0.3) is 0 Å². The van der Waals surface area contributed by atoms with E-state index in [2.05, 4.69) is 17.2 Å². The van der Waals surface area contributed by atoms with Crippen molar-refractivity contribution in [3.63, 3.8) is 0 Å². The van der Waals surface area contributed by atoms with E-state index in [0.29, 0.717) is 11.9 Å². The minimum atomic E-state index is -0.231. The zero-order valence-corrected chi connectivity index (χ0v) is 8.69. The van der Waals surface area contributed by atoms with Gasteiger partial charge >= 0.3 is 5.97 Å². The van der Waals surface area contributed by atoms with Crippen LogP contribution in [0.1, 0.15) is 13.8 Å². The number of hydrogen-bond donors (Lipinski definition) is 1. The Morgan fingerprint density at radius 2 is 2.62 bits per heavy atom. The third kappa shape index (κ3) is 3.67. The van der Waals surface area contributed by atoms with E-state index in [9.17, 15) is 4.79 Å². The van der Waals surface area contributed by atoms with Crippen LogP contribution in [0.2, 0.25) is 0 Å². The summed E-state index contributed by atoms with van der Waals surface area (Å²) in [5.41, 5.74) is 0. The van der Waals surface area contributed by atoms with Gasteiger partial charge in [-0.2, -0.15) is 0 Å². The first-order chi connectivity index (χ1) is 6.22. The van der Waals surface area contributed by atoms with Crippen molar-refractivity contribution in [2.75, 3.05) is 19.7 Å². The van der Waals surface area contributed by atoms with E-state index < -0.39 is 0 Å². The van der Waals surface area contributed by atoms with E-state index in [-0.39, 0.29) is 12.5 Å². The van der Waals surface area contributed by atoms with Gasteiger partial charge in [-0.15, -0.1) is 0 Å². The first-order valence-corrected chi connectivity index (χ1v) is 5.21. The van der Waals surface area contributed by atoms with Gasteiger partial charge in [-0.05, 0) is 6.92 Å². The summed E-state index contributed by atoms with van der Waals surface area (Å²) in [4.78, 5) is 15.1. The van der Waals surface area contributed by atoms with Gasteiger partial charge in [0.05, 0.1) is 13.2 Å². The lowest BCUT2D eigenvalue weighted by Gasteiger charge is -2.04. The number of amidine groups is 1. The molecule has 0 radical (unpaired) electrons. The van der Waals surface area contributed by atoms with Crippen molar-refractivity contribution >= 4 is 22.9 Å². The molecule has 1 rings (SSSR count). The van der Waals surface area contributed by atoms with Crippen LogP contribution >= 0.6 is 11.8 Å². The molecule has 1 aliphatic rings. The lowest BCUT2D eigenvalue weighted by Crippen LogP contribution is -2.28. The molecule has 1 unspecified atom stereocenters. The molecule has 74 valence electrons. The van der Waals surface area contributed by atoms with Crippen LogP contribution in [0, 0.1) is 0 Å². The zero-order valence-electron chi connectivity index (χ0n) is 7.87. The maximum Gasteiger partial charge on any atom is 0.325 e. The molecule has 0 aromatic carbocycles. The Morgan fingerprint density at radius 3 is 3.15 bits per heavy atom. The Bertz CT molecular complexity index is 218. The molecule has 1 atom stereocenters. The van der Waals surface area contributed by atoms with Crippen molar-refractivity contribution in [2.24, 2.45) is 4.99 Å². The highest BCUT2D eigenvalue weighted by Gasteiger charge is 2.15. The summed E-state index contributed by atoms with van der Waals surface area (Å²) in [6, 6.07) is 0. The Kier molecular flexibility index (Phi) is 4.08. The molecule has 0 bridgehead atoms. The topological polar surface area (TPSA) is 50.7 Å². The van der Waals surface area contributed by atoms with Crippen molar-refractivity contribution in [2.45, 2.75) is 19.1 Å². The second kappa shape index (κ2) is 5.11. The SMILES string of the molecule is CCOC(=O)CNC1=NCC(C)S1. The van der Waals surface area contributed by atoms with Crippen LogP contribution in [-0.4, -0.2) is 36.1 Å².